The summed E-state index contributed by atoms with van der Waals surface area (Å²) in [6.07, 6.45) is 0.128. The Labute approximate surface area is 140 Å². The minimum atomic E-state index is -0.391. The Hall–Kier alpha value is -2.69. The molecule has 0 aliphatic carbocycles. The summed E-state index contributed by atoms with van der Waals surface area (Å²) in [5.74, 6) is -0.420. The van der Waals surface area contributed by atoms with Gasteiger partial charge in [-0.05, 0) is 25.1 Å². The van der Waals surface area contributed by atoms with E-state index in [1.165, 1.54) is 6.07 Å². The molecule has 2 aromatic rings. The van der Waals surface area contributed by atoms with Gasteiger partial charge >= 0.3 is 5.97 Å². The molecule has 0 unspecified atom stereocenters. The molecule has 126 valence electrons. The number of rotatable bonds is 8. The Morgan fingerprint density at radius 1 is 1.04 bits per heavy atom. The number of carbonyl (C=O) groups is 2. The zero-order valence-electron chi connectivity index (χ0n) is 13.5. The Morgan fingerprint density at radius 3 is 2.58 bits per heavy atom. The van der Waals surface area contributed by atoms with Crippen molar-refractivity contribution in [2.45, 2.75) is 26.4 Å². The molecule has 0 saturated carbocycles. The smallest absolute Gasteiger partial charge is 0.306 e. The number of esters is 1. The third-order valence-corrected chi connectivity index (χ3v) is 3.37. The number of ketones is 1. The van der Waals surface area contributed by atoms with Crippen LogP contribution < -0.4 is 4.74 Å². The van der Waals surface area contributed by atoms with Crippen LogP contribution in [-0.2, 0) is 16.1 Å². The van der Waals surface area contributed by atoms with Crippen molar-refractivity contribution < 1.29 is 23.5 Å². The Morgan fingerprint density at radius 2 is 1.83 bits per heavy atom. The molecule has 2 aromatic carbocycles. The van der Waals surface area contributed by atoms with Gasteiger partial charge in [0.15, 0.2) is 5.78 Å². The van der Waals surface area contributed by atoms with Gasteiger partial charge in [-0.1, -0.05) is 30.3 Å². The van der Waals surface area contributed by atoms with Crippen LogP contribution in [0.15, 0.2) is 48.5 Å². The predicted molar refractivity (Wildman–Crippen MR) is 87.4 cm³/mol. The number of Topliss-reactive ketones (excluding diaryl/α,β-unsaturated/α-hetero) is 1. The molecule has 0 aliphatic heterocycles. The van der Waals surface area contributed by atoms with Crippen molar-refractivity contribution in [1.82, 2.24) is 0 Å². The molecule has 5 heteroatoms. The zero-order valence-corrected chi connectivity index (χ0v) is 13.5. The van der Waals surface area contributed by atoms with Crippen molar-refractivity contribution in [3.05, 3.63) is 65.5 Å². The zero-order chi connectivity index (χ0) is 17.4. The number of benzene rings is 2. The molecule has 2 rings (SSSR count). The number of hydrogen-bond donors (Lipinski definition) is 0. The van der Waals surface area contributed by atoms with Crippen molar-refractivity contribution in [3.8, 4) is 5.75 Å². The molecule has 0 saturated heterocycles. The first kappa shape index (κ1) is 17.7. The molecule has 0 bridgehead atoms. The molecular formula is C19H19FO4. The molecule has 0 spiro atoms. The molecule has 0 fully saturated rings. The van der Waals surface area contributed by atoms with Gasteiger partial charge in [0.2, 0.25) is 0 Å². The quantitative estimate of drug-likeness (QED) is 0.543. The molecular weight excluding hydrogens is 311 g/mol. The maximum absolute atomic E-state index is 13.6. The Bertz CT molecular complexity index is 712. The van der Waals surface area contributed by atoms with Crippen molar-refractivity contribution >= 4 is 11.8 Å². The average Bonchev–Trinajstić information content (AvgIpc) is 2.59. The van der Waals surface area contributed by atoms with E-state index in [0.29, 0.717) is 23.5 Å². The van der Waals surface area contributed by atoms with Crippen LogP contribution in [0.25, 0.3) is 0 Å². The summed E-state index contributed by atoms with van der Waals surface area (Å²) < 4.78 is 23.9. The Balaban J connectivity index is 1.94. The first-order valence-electron chi connectivity index (χ1n) is 7.75. The third-order valence-electron chi connectivity index (χ3n) is 3.37. The van der Waals surface area contributed by atoms with E-state index in [0.717, 1.165) is 0 Å². The fraction of sp³-hybridized carbons (Fsp3) is 0.263. The van der Waals surface area contributed by atoms with Crippen molar-refractivity contribution in [2.75, 3.05) is 6.61 Å². The van der Waals surface area contributed by atoms with E-state index in [2.05, 4.69) is 0 Å². The SMILES string of the molecule is CCOC(=O)CCC(=O)c1cccc(OCc2ccccc2F)c1. The lowest BCUT2D eigenvalue weighted by molar-refractivity contribution is -0.143. The number of hydrogen-bond acceptors (Lipinski definition) is 4. The van der Waals surface area contributed by atoms with Crippen LogP contribution in [0.3, 0.4) is 0 Å². The summed E-state index contributed by atoms with van der Waals surface area (Å²) in [6, 6.07) is 13.0. The standard InChI is InChI=1S/C19H19FO4/c1-2-23-19(22)11-10-18(21)14-7-5-8-16(12-14)24-13-15-6-3-4-9-17(15)20/h3-9,12H,2,10-11,13H2,1H3. The van der Waals surface area contributed by atoms with Crippen LogP contribution in [0.4, 0.5) is 4.39 Å². The fourth-order valence-electron chi connectivity index (χ4n) is 2.13. The third kappa shape index (κ3) is 5.19. The van der Waals surface area contributed by atoms with Gasteiger partial charge in [-0.3, -0.25) is 9.59 Å². The first-order chi connectivity index (χ1) is 11.6. The number of carbonyl (C=O) groups excluding carboxylic acids is 2. The topological polar surface area (TPSA) is 52.6 Å². The van der Waals surface area contributed by atoms with E-state index in [1.54, 1.807) is 49.4 Å². The van der Waals surface area contributed by atoms with Crippen LogP contribution in [0, 0.1) is 5.82 Å². The summed E-state index contributed by atoms with van der Waals surface area (Å²) in [5.41, 5.74) is 0.891. The first-order valence-corrected chi connectivity index (χ1v) is 7.75. The number of halogens is 1. The minimum absolute atomic E-state index is 0.0486. The molecule has 24 heavy (non-hydrogen) atoms. The summed E-state index contributed by atoms with van der Waals surface area (Å²) in [5, 5.41) is 0. The highest BCUT2D eigenvalue weighted by atomic mass is 19.1. The molecule has 0 aliphatic rings. The van der Waals surface area contributed by atoms with E-state index >= 15 is 0 Å². The second-order valence-corrected chi connectivity index (χ2v) is 5.14. The highest BCUT2D eigenvalue weighted by Crippen LogP contribution is 2.18. The molecule has 0 amide bonds. The lowest BCUT2D eigenvalue weighted by Gasteiger charge is -2.08. The molecule has 4 nitrogen and oxygen atoms in total. The second-order valence-electron chi connectivity index (χ2n) is 5.14. The van der Waals surface area contributed by atoms with Gasteiger partial charge < -0.3 is 9.47 Å². The van der Waals surface area contributed by atoms with Crippen molar-refractivity contribution in [2.24, 2.45) is 0 Å². The van der Waals surface area contributed by atoms with Crippen LogP contribution in [0.2, 0.25) is 0 Å². The summed E-state index contributed by atoms with van der Waals surface area (Å²) >= 11 is 0. The minimum Gasteiger partial charge on any atom is -0.489 e. The summed E-state index contributed by atoms with van der Waals surface area (Å²) in [4.78, 5) is 23.4. The van der Waals surface area contributed by atoms with E-state index in [4.69, 9.17) is 9.47 Å². The van der Waals surface area contributed by atoms with E-state index in [-0.39, 0.29) is 31.0 Å². The number of ether oxygens (including phenoxy) is 2. The van der Waals surface area contributed by atoms with Crippen molar-refractivity contribution in [1.29, 1.82) is 0 Å². The lowest BCUT2D eigenvalue weighted by Crippen LogP contribution is -2.08. The van der Waals surface area contributed by atoms with Crippen LogP contribution in [0.1, 0.15) is 35.7 Å². The predicted octanol–water partition coefficient (Wildman–Crippen LogP) is 3.93. The highest BCUT2D eigenvalue weighted by molar-refractivity contribution is 5.97. The van der Waals surface area contributed by atoms with Crippen molar-refractivity contribution in [3.63, 3.8) is 0 Å². The highest BCUT2D eigenvalue weighted by Gasteiger charge is 2.11. The normalized spacial score (nSPS) is 10.2. The van der Waals surface area contributed by atoms with E-state index in [1.807, 2.05) is 0 Å². The monoisotopic (exact) mass is 330 g/mol. The maximum Gasteiger partial charge on any atom is 0.306 e. The van der Waals surface area contributed by atoms with Gasteiger partial charge in [0.25, 0.3) is 0 Å². The summed E-state index contributed by atoms with van der Waals surface area (Å²) in [6.45, 7) is 2.09. The van der Waals surface area contributed by atoms with Gasteiger partial charge in [0.1, 0.15) is 18.2 Å². The van der Waals surface area contributed by atoms with Gasteiger partial charge in [0.05, 0.1) is 13.0 Å². The maximum atomic E-state index is 13.6. The summed E-state index contributed by atoms with van der Waals surface area (Å²) in [7, 11) is 0. The van der Waals surface area contributed by atoms with E-state index < -0.39 is 5.97 Å². The van der Waals surface area contributed by atoms with Gasteiger partial charge in [0, 0.05) is 17.5 Å². The largest absolute Gasteiger partial charge is 0.489 e. The molecule has 0 N–H and O–H groups in total. The molecule has 0 radical (unpaired) electrons. The van der Waals surface area contributed by atoms with Gasteiger partial charge in [-0.25, -0.2) is 4.39 Å². The van der Waals surface area contributed by atoms with Gasteiger partial charge in [-0.2, -0.15) is 0 Å². The second kappa shape index (κ2) is 8.82. The van der Waals surface area contributed by atoms with Crippen LogP contribution in [-0.4, -0.2) is 18.4 Å². The van der Waals surface area contributed by atoms with Crippen LogP contribution in [0.5, 0.6) is 5.75 Å². The lowest BCUT2D eigenvalue weighted by atomic mass is 10.1. The molecule has 0 aromatic heterocycles. The fourth-order valence-corrected chi connectivity index (χ4v) is 2.13. The molecule has 0 atom stereocenters. The Kier molecular flexibility index (Phi) is 6.49. The molecule has 0 heterocycles. The van der Waals surface area contributed by atoms with E-state index in [9.17, 15) is 14.0 Å². The van der Waals surface area contributed by atoms with Crippen LogP contribution >= 0.6 is 0 Å². The average molecular weight is 330 g/mol. The van der Waals surface area contributed by atoms with Gasteiger partial charge in [-0.15, -0.1) is 0 Å².